The predicted molar refractivity (Wildman–Crippen MR) is 98.4 cm³/mol. The van der Waals surface area contributed by atoms with E-state index in [0.29, 0.717) is 31.5 Å². The highest BCUT2D eigenvalue weighted by atomic mass is 19.4. The number of aliphatic imine (C=N–C) groups is 1. The van der Waals surface area contributed by atoms with Gasteiger partial charge in [0.1, 0.15) is 0 Å². The van der Waals surface area contributed by atoms with Gasteiger partial charge in [-0.1, -0.05) is 12.1 Å². The lowest BCUT2D eigenvalue weighted by Crippen LogP contribution is -2.40. The van der Waals surface area contributed by atoms with Gasteiger partial charge in [-0.3, -0.25) is 9.89 Å². The Labute approximate surface area is 152 Å². The van der Waals surface area contributed by atoms with Gasteiger partial charge in [-0.2, -0.15) is 13.2 Å². The van der Waals surface area contributed by atoms with Crippen molar-refractivity contribution in [3.8, 4) is 0 Å². The van der Waals surface area contributed by atoms with Crippen molar-refractivity contribution in [1.29, 1.82) is 0 Å². The third kappa shape index (κ3) is 5.37. The number of guanidine groups is 1. The molecule has 0 spiro atoms. The van der Waals surface area contributed by atoms with E-state index in [4.69, 9.17) is 5.73 Å². The Balaban J connectivity index is 1.49. The van der Waals surface area contributed by atoms with Crippen molar-refractivity contribution in [2.45, 2.75) is 44.7 Å². The van der Waals surface area contributed by atoms with Crippen LogP contribution in [0.4, 0.5) is 18.9 Å². The Morgan fingerprint density at radius 1 is 1.19 bits per heavy atom. The van der Waals surface area contributed by atoms with Crippen LogP contribution in [0.2, 0.25) is 0 Å². The smallest absolute Gasteiger partial charge is 0.370 e. The zero-order chi connectivity index (χ0) is 18.6. The average molecular weight is 368 g/mol. The maximum absolute atomic E-state index is 12.4. The summed E-state index contributed by atoms with van der Waals surface area (Å²) in [7, 11) is 0. The number of benzene rings is 1. The monoisotopic (exact) mass is 368 g/mol. The number of nitrogens with zero attached hydrogens (tertiary/aromatic N) is 2. The van der Waals surface area contributed by atoms with Crippen LogP contribution < -0.4 is 11.1 Å². The van der Waals surface area contributed by atoms with Gasteiger partial charge in [0.25, 0.3) is 0 Å². The molecule has 2 aliphatic rings. The van der Waals surface area contributed by atoms with Crippen LogP contribution in [0.5, 0.6) is 0 Å². The van der Waals surface area contributed by atoms with Gasteiger partial charge in [0.15, 0.2) is 5.96 Å². The second-order valence-corrected chi connectivity index (χ2v) is 7.34. The van der Waals surface area contributed by atoms with E-state index in [0.717, 1.165) is 31.4 Å². The van der Waals surface area contributed by atoms with Crippen molar-refractivity contribution in [1.82, 2.24) is 4.90 Å². The van der Waals surface area contributed by atoms with Gasteiger partial charge in [0.2, 0.25) is 0 Å². The minimum Gasteiger partial charge on any atom is -0.370 e. The normalized spacial score (nSPS) is 20.0. The molecule has 3 rings (SSSR count). The largest absolute Gasteiger partial charge is 0.401 e. The Morgan fingerprint density at radius 2 is 1.92 bits per heavy atom. The summed E-state index contributed by atoms with van der Waals surface area (Å²) in [6.07, 6.45) is 1.93. The van der Waals surface area contributed by atoms with Crippen molar-refractivity contribution in [3.05, 3.63) is 29.3 Å². The fourth-order valence-corrected chi connectivity index (χ4v) is 3.88. The second-order valence-electron chi connectivity index (χ2n) is 7.34. The molecule has 144 valence electrons. The van der Waals surface area contributed by atoms with Gasteiger partial charge in [0, 0.05) is 12.2 Å². The minimum absolute atomic E-state index is 0.296. The molecule has 0 radical (unpaired) electrons. The summed E-state index contributed by atoms with van der Waals surface area (Å²) in [5.41, 5.74) is 9.79. The first-order chi connectivity index (χ1) is 12.4. The Kier molecular flexibility index (Phi) is 6.06. The number of aryl methyl sites for hydroxylation is 1. The number of anilines is 1. The molecule has 1 aliphatic carbocycles. The number of rotatable bonds is 4. The molecule has 26 heavy (non-hydrogen) atoms. The lowest BCUT2D eigenvalue weighted by atomic mass is 9.90. The molecule has 1 aliphatic heterocycles. The number of hydrogen-bond acceptors (Lipinski definition) is 2. The number of hydrogen-bond donors (Lipinski definition) is 2. The molecule has 1 heterocycles. The van der Waals surface area contributed by atoms with E-state index in [9.17, 15) is 13.2 Å². The topological polar surface area (TPSA) is 53.6 Å². The Morgan fingerprint density at radius 3 is 2.65 bits per heavy atom. The molecule has 0 saturated carbocycles. The number of nitrogens with one attached hydrogen (secondary N) is 1. The first kappa shape index (κ1) is 19.0. The van der Waals surface area contributed by atoms with Crippen LogP contribution >= 0.6 is 0 Å². The summed E-state index contributed by atoms with van der Waals surface area (Å²) in [6, 6.07) is 6.24. The molecule has 1 aromatic carbocycles. The number of nitrogens with two attached hydrogens (primary N) is 1. The molecule has 3 N–H and O–H groups in total. The van der Waals surface area contributed by atoms with Gasteiger partial charge in [0.05, 0.1) is 6.54 Å². The predicted octanol–water partition coefficient (Wildman–Crippen LogP) is 3.57. The number of halogens is 3. The number of likely N-dealkylation sites (tertiary alicyclic amines) is 1. The highest BCUT2D eigenvalue weighted by molar-refractivity contribution is 5.93. The van der Waals surface area contributed by atoms with Gasteiger partial charge in [-0.25, -0.2) is 0 Å². The van der Waals surface area contributed by atoms with Gasteiger partial charge < -0.3 is 11.1 Å². The van der Waals surface area contributed by atoms with Crippen molar-refractivity contribution in [2.24, 2.45) is 16.6 Å². The SMILES string of the molecule is NC(=NCC1CCN(CC(F)(F)F)CC1)Nc1cccc2c1CCCC2. The van der Waals surface area contributed by atoms with Crippen molar-refractivity contribution >= 4 is 11.6 Å². The van der Waals surface area contributed by atoms with Crippen LogP contribution in [0.1, 0.15) is 36.8 Å². The summed E-state index contributed by atoms with van der Waals surface area (Å²) in [5, 5.41) is 3.22. The summed E-state index contributed by atoms with van der Waals surface area (Å²) in [4.78, 5) is 5.90. The molecular weight excluding hydrogens is 341 g/mol. The molecule has 0 aromatic heterocycles. The third-order valence-corrected chi connectivity index (χ3v) is 5.29. The van der Waals surface area contributed by atoms with E-state index in [2.05, 4.69) is 16.4 Å². The van der Waals surface area contributed by atoms with E-state index < -0.39 is 12.7 Å². The van der Waals surface area contributed by atoms with Crippen LogP contribution in [0.15, 0.2) is 23.2 Å². The van der Waals surface area contributed by atoms with E-state index in [-0.39, 0.29) is 0 Å². The lowest BCUT2D eigenvalue weighted by molar-refractivity contribution is -0.148. The van der Waals surface area contributed by atoms with E-state index in [1.165, 1.54) is 28.9 Å². The van der Waals surface area contributed by atoms with E-state index in [1.54, 1.807) is 0 Å². The second kappa shape index (κ2) is 8.29. The van der Waals surface area contributed by atoms with E-state index in [1.807, 2.05) is 12.1 Å². The molecule has 0 unspecified atom stereocenters. The Bertz CT molecular complexity index is 634. The minimum atomic E-state index is -4.12. The zero-order valence-corrected chi connectivity index (χ0v) is 15.0. The van der Waals surface area contributed by atoms with Crippen LogP contribution in [0.25, 0.3) is 0 Å². The summed E-state index contributed by atoms with van der Waals surface area (Å²) in [6.45, 7) is 0.692. The van der Waals surface area contributed by atoms with Gasteiger partial charge >= 0.3 is 6.18 Å². The third-order valence-electron chi connectivity index (χ3n) is 5.29. The summed E-state index contributed by atoms with van der Waals surface area (Å²) < 4.78 is 37.3. The van der Waals surface area contributed by atoms with Crippen LogP contribution in [-0.4, -0.2) is 43.2 Å². The molecule has 1 aromatic rings. The number of fused-ring (bicyclic) bond motifs is 1. The fraction of sp³-hybridized carbons (Fsp3) is 0.632. The molecule has 1 saturated heterocycles. The van der Waals surface area contributed by atoms with Crippen LogP contribution in [-0.2, 0) is 12.8 Å². The zero-order valence-electron chi connectivity index (χ0n) is 15.0. The van der Waals surface area contributed by atoms with Gasteiger partial charge in [-0.05, 0) is 74.7 Å². The van der Waals surface area contributed by atoms with Gasteiger partial charge in [-0.15, -0.1) is 0 Å². The average Bonchev–Trinajstić information content (AvgIpc) is 2.60. The first-order valence-electron chi connectivity index (χ1n) is 9.37. The molecule has 0 amide bonds. The lowest BCUT2D eigenvalue weighted by Gasteiger charge is -2.31. The highest BCUT2D eigenvalue weighted by Crippen LogP contribution is 2.28. The molecule has 1 fully saturated rings. The molecular formula is C19H27F3N4. The Hall–Kier alpha value is -1.76. The maximum Gasteiger partial charge on any atom is 0.401 e. The summed E-state index contributed by atoms with van der Waals surface area (Å²) in [5.74, 6) is 0.686. The quantitative estimate of drug-likeness (QED) is 0.631. The van der Waals surface area contributed by atoms with Crippen LogP contribution in [0, 0.1) is 5.92 Å². The molecule has 7 heteroatoms. The van der Waals surface area contributed by atoms with Crippen molar-refractivity contribution in [2.75, 3.05) is 31.5 Å². The highest BCUT2D eigenvalue weighted by Gasteiger charge is 2.32. The maximum atomic E-state index is 12.4. The fourth-order valence-electron chi connectivity index (χ4n) is 3.88. The molecule has 0 atom stereocenters. The van der Waals surface area contributed by atoms with Crippen LogP contribution in [0.3, 0.4) is 0 Å². The number of alkyl halides is 3. The number of piperidine rings is 1. The summed E-state index contributed by atoms with van der Waals surface area (Å²) >= 11 is 0. The van der Waals surface area contributed by atoms with E-state index >= 15 is 0 Å². The van der Waals surface area contributed by atoms with Crippen molar-refractivity contribution < 1.29 is 13.2 Å². The molecule has 0 bridgehead atoms. The standard InChI is InChI=1S/C19H27F3N4/c20-19(21,22)13-26-10-8-14(9-11-26)12-24-18(23)25-17-7-3-5-15-4-1-2-6-16(15)17/h3,5,7,14H,1-2,4,6,8-13H2,(H3,23,24,25). The first-order valence-corrected chi connectivity index (χ1v) is 9.37. The molecule has 4 nitrogen and oxygen atoms in total. The van der Waals surface area contributed by atoms with Crippen molar-refractivity contribution in [3.63, 3.8) is 0 Å².